The number of rotatable bonds is 6. The Kier molecular flexibility index (Phi) is 7.14. The van der Waals surface area contributed by atoms with Crippen molar-refractivity contribution in [3.63, 3.8) is 0 Å². The number of carbonyl (C=O) groups excluding carboxylic acids is 2. The molecular formula is C13H17BrF3N3O3S. The smallest absolute Gasteiger partial charge is 0.436 e. The van der Waals surface area contributed by atoms with E-state index >= 15 is 0 Å². The van der Waals surface area contributed by atoms with E-state index in [1.165, 1.54) is 13.8 Å². The number of aromatic nitrogens is 2. The highest BCUT2D eigenvalue weighted by Gasteiger charge is 2.39. The molecule has 0 saturated carbocycles. The molecule has 2 atom stereocenters. The van der Waals surface area contributed by atoms with Crippen molar-refractivity contribution in [3.8, 4) is 0 Å². The Hall–Kier alpha value is -1.23. The van der Waals surface area contributed by atoms with Crippen LogP contribution in [0.5, 0.6) is 0 Å². The van der Waals surface area contributed by atoms with Crippen molar-refractivity contribution in [1.82, 2.24) is 15.1 Å². The molecule has 0 radical (unpaired) electrons. The molecule has 0 aliphatic heterocycles. The zero-order chi connectivity index (χ0) is 18.7. The maximum atomic E-state index is 12.9. The number of alkyl halides is 3. The van der Waals surface area contributed by atoms with Gasteiger partial charge in [0.15, 0.2) is 5.69 Å². The predicted octanol–water partition coefficient (Wildman–Crippen LogP) is 2.51. The van der Waals surface area contributed by atoms with Crippen molar-refractivity contribution >= 4 is 40.4 Å². The van der Waals surface area contributed by atoms with Crippen LogP contribution in [0.3, 0.4) is 0 Å². The van der Waals surface area contributed by atoms with Crippen LogP contribution in [0.4, 0.5) is 13.2 Å². The van der Waals surface area contributed by atoms with Gasteiger partial charge in [0.05, 0.1) is 16.8 Å². The van der Waals surface area contributed by atoms with Gasteiger partial charge in [0.1, 0.15) is 12.1 Å². The number of nitrogens with one attached hydrogen (secondary N) is 1. The molecule has 0 aromatic carbocycles. The Morgan fingerprint density at radius 2 is 2.04 bits per heavy atom. The maximum absolute atomic E-state index is 12.9. The fourth-order valence-electron chi connectivity index (χ4n) is 1.88. The first-order valence-corrected chi connectivity index (χ1v) is 8.36. The summed E-state index contributed by atoms with van der Waals surface area (Å²) in [5, 5.41) is 5.86. The molecule has 0 bridgehead atoms. The van der Waals surface area contributed by atoms with Gasteiger partial charge in [-0.2, -0.15) is 30.9 Å². The quantitative estimate of drug-likeness (QED) is 0.536. The van der Waals surface area contributed by atoms with Gasteiger partial charge in [0.2, 0.25) is 5.91 Å². The first-order chi connectivity index (χ1) is 11.0. The fourth-order valence-corrected chi connectivity index (χ4v) is 2.61. The highest BCUT2D eigenvalue weighted by molar-refractivity contribution is 9.10. The van der Waals surface area contributed by atoms with Crippen molar-refractivity contribution in [2.24, 2.45) is 0 Å². The van der Waals surface area contributed by atoms with Crippen LogP contribution in [0, 0.1) is 6.92 Å². The van der Waals surface area contributed by atoms with Crippen molar-refractivity contribution in [2.45, 2.75) is 39.0 Å². The number of carbonyl (C=O) groups is 2. The molecule has 0 aliphatic carbocycles. The SMILES string of the molecule is CCOC(=O)[C@H](CS)NC(=O)C(C)n1nc(C(F)(F)F)c(Br)c1C. The summed E-state index contributed by atoms with van der Waals surface area (Å²) >= 11 is 6.80. The van der Waals surface area contributed by atoms with Crippen molar-refractivity contribution in [1.29, 1.82) is 0 Å². The summed E-state index contributed by atoms with van der Waals surface area (Å²) in [6.07, 6.45) is -4.65. The lowest BCUT2D eigenvalue weighted by Gasteiger charge is -2.19. The summed E-state index contributed by atoms with van der Waals surface area (Å²) in [5.41, 5.74) is -0.973. The van der Waals surface area contributed by atoms with Crippen LogP contribution in [0.2, 0.25) is 0 Å². The lowest BCUT2D eigenvalue weighted by molar-refractivity contribution is -0.147. The molecular weight excluding hydrogens is 415 g/mol. The molecule has 1 rings (SSSR count). The van der Waals surface area contributed by atoms with Gasteiger partial charge in [0.25, 0.3) is 0 Å². The van der Waals surface area contributed by atoms with Crippen LogP contribution in [-0.4, -0.2) is 40.1 Å². The molecule has 11 heteroatoms. The van der Waals surface area contributed by atoms with E-state index < -0.39 is 35.8 Å². The lowest BCUT2D eigenvalue weighted by Crippen LogP contribution is -2.45. The Morgan fingerprint density at radius 3 is 2.46 bits per heavy atom. The highest BCUT2D eigenvalue weighted by atomic mass is 79.9. The first kappa shape index (κ1) is 20.8. The highest BCUT2D eigenvalue weighted by Crippen LogP contribution is 2.36. The third-order valence-electron chi connectivity index (χ3n) is 3.16. The molecule has 0 spiro atoms. The van der Waals surface area contributed by atoms with E-state index in [0.29, 0.717) is 0 Å². The molecule has 0 fully saturated rings. The number of hydrogen-bond donors (Lipinski definition) is 2. The zero-order valence-electron chi connectivity index (χ0n) is 13.1. The second-order valence-electron chi connectivity index (χ2n) is 4.86. The molecule has 0 aliphatic rings. The van der Waals surface area contributed by atoms with Crippen LogP contribution in [0.15, 0.2) is 4.47 Å². The third-order valence-corrected chi connectivity index (χ3v) is 4.48. The Labute approximate surface area is 150 Å². The van der Waals surface area contributed by atoms with Crippen LogP contribution >= 0.6 is 28.6 Å². The van der Waals surface area contributed by atoms with Gasteiger partial charge in [0, 0.05) is 5.75 Å². The Morgan fingerprint density at radius 1 is 1.46 bits per heavy atom. The number of amides is 1. The molecule has 1 unspecified atom stereocenters. The summed E-state index contributed by atoms with van der Waals surface area (Å²) in [6, 6.07) is -2.06. The van der Waals surface area contributed by atoms with Crippen LogP contribution in [-0.2, 0) is 20.5 Å². The molecule has 24 heavy (non-hydrogen) atoms. The fraction of sp³-hybridized carbons (Fsp3) is 0.615. The second kappa shape index (κ2) is 8.24. The van der Waals surface area contributed by atoms with Crippen molar-refractivity contribution in [3.05, 3.63) is 15.9 Å². The minimum atomic E-state index is -4.65. The van der Waals surface area contributed by atoms with Gasteiger partial charge in [-0.1, -0.05) is 0 Å². The monoisotopic (exact) mass is 431 g/mol. The van der Waals surface area contributed by atoms with E-state index in [1.54, 1.807) is 6.92 Å². The van der Waals surface area contributed by atoms with Crippen molar-refractivity contribution in [2.75, 3.05) is 12.4 Å². The van der Waals surface area contributed by atoms with Crippen LogP contribution in [0.1, 0.15) is 31.3 Å². The van der Waals surface area contributed by atoms with E-state index in [0.717, 1.165) is 4.68 Å². The van der Waals surface area contributed by atoms with Gasteiger partial charge in [-0.15, -0.1) is 0 Å². The number of ether oxygens (including phenoxy) is 1. The number of hydrogen-bond acceptors (Lipinski definition) is 5. The van der Waals surface area contributed by atoms with E-state index in [9.17, 15) is 22.8 Å². The number of nitrogens with zero attached hydrogens (tertiary/aromatic N) is 2. The number of halogens is 4. The molecule has 1 N–H and O–H groups in total. The first-order valence-electron chi connectivity index (χ1n) is 6.94. The minimum absolute atomic E-state index is 0.00707. The largest absolute Gasteiger partial charge is 0.464 e. The summed E-state index contributed by atoms with van der Waals surface area (Å²) < 4.78 is 44.2. The normalized spacial score (nSPS) is 14.2. The molecule has 136 valence electrons. The second-order valence-corrected chi connectivity index (χ2v) is 6.02. The predicted molar refractivity (Wildman–Crippen MR) is 86.8 cm³/mol. The van der Waals surface area contributed by atoms with Crippen LogP contribution in [0.25, 0.3) is 0 Å². The average Bonchev–Trinajstić information content (AvgIpc) is 2.80. The van der Waals surface area contributed by atoms with Crippen molar-refractivity contribution < 1.29 is 27.5 Å². The Bertz CT molecular complexity index is 622. The molecule has 0 saturated heterocycles. The summed E-state index contributed by atoms with van der Waals surface area (Å²) in [7, 11) is 0. The molecule has 1 aromatic heterocycles. The van der Waals surface area contributed by atoms with Crippen LogP contribution < -0.4 is 5.32 Å². The standard InChI is InChI=1S/C13H17BrF3N3O3S/c1-4-23-12(22)8(5-24)18-11(21)7(3)20-6(2)9(14)10(19-20)13(15,16)17/h7-8,24H,4-5H2,1-3H3,(H,18,21)/t7?,8-/m0/s1. The summed E-state index contributed by atoms with van der Waals surface area (Å²) in [4.78, 5) is 23.9. The molecule has 1 aromatic rings. The van der Waals surface area contributed by atoms with Gasteiger partial charge in [-0.25, -0.2) is 4.79 Å². The van der Waals surface area contributed by atoms with Gasteiger partial charge in [-0.05, 0) is 36.7 Å². The van der Waals surface area contributed by atoms with Gasteiger partial charge in [-0.3, -0.25) is 9.48 Å². The summed E-state index contributed by atoms with van der Waals surface area (Å²) in [6.45, 7) is 4.52. The maximum Gasteiger partial charge on any atom is 0.436 e. The van der Waals surface area contributed by atoms with Gasteiger partial charge < -0.3 is 10.1 Å². The zero-order valence-corrected chi connectivity index (χ0v) is 15.6. The van der Waals surface area contributed by atoms with Gasteiger partial charge >= 0.3 is 12.1 Å². The molecule has 6 nitrogen and oxygen atoms in total. The third kappa shape index (κ3) is 4.65. The number of esters is 1. The topological polar surface area (TPSA) is 73.2 Å². The average molecular weight is 432 g/mol. The number of thiol groups is 1. The lowest BCUT2D eigenvalue weighted by atomic mass is 10.2. The summed E-state index contributed by atoms with van der Waals surface area (Å²) in [5.74, 6) is -1.34. The Balaban J connectivity index is 2.99. The van der Waals surface area contributed by atoms with E-state index in [1.807, 2.05) is 0 Å². The minimum Gasteiger partial charge on any atom is -0.464 e. The van der Waals surface area contributed by atoms with E-state index in [4.69, 9.17) is 4.74 Å². The molecule has 1 heterocycles. The van der Waals surface area contributed by atoms with E-state index in [-0.39, 0.29) is 22.5 Å². The van der Waals surface area contributed by atoms with E-state index in [2.05, 4.69) is 39.0 Å². The molecule has 1 amide bonds.